The third-order valence-electron chi connectivity index (χ3n) is 6.62. The van der Waals surface area contributed by atoms with Crippen molar-refractivity contribution in [3.8, 4) is 0 Å². The molecule has 2 heterocycles. The molecule has 0 aromatic heterocycles. The molecule has 0 saturated carbocycles. The monoisotopic (exact) mass is 499 g/mol. The third kappa shape index (κ3) is 6.48. The SMILES string of the molecule is CC1CCCN(C(=O)COC(=O)c2cccc(S(=O)(=O)N3CCN(Cc4ccccc4)CC3)c2)C1. The Bertz CT molecular complexity index is 1130. The van der Waals surface area contributed by atoms with Crippen molar-refractivity contribution >= 4 is 21.9 Å². The Balaban J connectivity index is 1.33. The maximum Gasteiger partial charge on any atom is 0.338 e. The first-order valence-corrected chi connectivity index (χ1v) is 13.6. The van der Waals surface area contributed by atoms with E-state index in [9.17, 15) is 18.0 Å². The molecule has 2 saturated heterocycles. The summed E-state index contributed by atoms with van der Waals surface area (Å²) >= 11 is 0. The van der Waals surface area contributed by atoms with Gasteiger partial charge in [0.15, 0.2) is 6.61 Å². The lowest BCUT2D eigenvalue weighted by molar-refractivity contribution is -0.136. The minimum absolute atomic E-state index is 0.0552. The van der Waals surface area contributed by atoms with Crippen molar-refractivity contribution in [2.75, 3.05) is 45.9 Å². The molecule has 0 radical (unpaired) electrons. The molecule has 188 valence electrons. The number of carbonyl (C=O) groups excluding carboxylic acids is 2. The second-order valence-electron chi connectivity index (χ2n) is 9.36. The minimum atomic E-state index is -3.75. The first-order valence-electron chi connectivity index (χ1n) is 12.1. The predicted molar refractivity (Wildman–Crippen MR) is 132 cm³/mol. The van der Waals surface area contributed by atoms with E-state index in [0.717, 1.165) is 19.4 Å². The average molecular weight is 500 g/mol. The number of likely N-dealkylation sites (tertiary alicyclic amines) is 1. The summed E-state index contributed by atoms with van der Waals surface area (Å²) in [6.45, 7) is 5.91. The fourth-order valence-corrected chi connectivity index (χ4v) is 6.09. The second kappa shape index (κ2) is 11.3. The van der Waals surface area contributed by atoms with Crippen LogP contribution >= 0.6 is 0 Å². The second-order valence-corrected chi connectivity index (χ2v) is 11.3. The van der Waals surface area contributed by atoms with Crippen LogP contribution in [0.15, 0.2) is 59.5 Å². The van der Waals surface area contributed by atoms with Gasteiger partial charge in [-0.1, -0.05) is 43.3 Å². The van der Waals surface area contributed by atoms with Gasteiger partial charge in [0.05, 0.1) is 10.5 Å². The number of rotatable bonds is 7. The third-order valence-corrected chi connectivity index (χ3v) is 8.52. The van der Waals surface area contributed by atoms with Crippen molar-refractivity contribution in [2.45, 2.75) is 31.2 Å². The van der Waals surface area contributed by atoms with Gasteiger partial charge in [0.1, 0.15) is 0 Å². The molecule has 9 heteroatoms. The quantitative estimate of drug-likeness (QED) is 0.545. The van der Waals surface area contributed by atoms with E-state index in [0.29, 0.717) is 45.2 Å². The van der Waals surface area contributed by atoms with Crippen molar-refractivity contribution in [1.82, 2.24) is 14.1 Å². The molecule has 0 bridgehead atoms. The normalized spacial score (nSPS) is 19.9. The maximum atomic E-state index is 13.2. The van der Waals surface area contributed by atoms with Crippen LogP contribution in [-0.4, -0.2) is 80.3 Å². The molecule has 1 atom stereocenters. The number of amides is 1. The molecule has 2 fully saturated rings. The molecule has 1 amide bonds. The summed E-state index contributed by atoms with van der Waals surface area (Å²) in [5.74, 6) is -0.485. The molecule has 35 heavy (non-hydrogen) atoms. The number of benzene rings is 2. The van der Waals surface area contributed by atoms with Crippen molar-refractivity contribution in [2.24, 2.45) is 5.92 Å². The van der Waals surface area contributed by atoms with E-state index in [1.165, 1.54) is 34.1 Å². The van der Waals surface area contributed by atoms with Crippen LogP contribution in [0.2, 0.25) is 0 Å². The molecule has 0 N–H and O–H groups in total. The van der Waals surface area contributed by atoms with Crippen molar-refractivity contribution in [3.63, 3.8) is 0 Å². The van der Waals surface area contributed by atoms with E-state index in [1.807, 2.05) is 18.2 Å². The summed E-state index contributed by atoms with van der Waals surface area (Å²) in [5, 5.41) is 0. The highest BCUT2D eigenvalue weighted by Crippen LogP contribution is 2.20. The molecule has 1 unspecified atom stereocenters. The van der Waals surface area contributed by atoms with Gasteiger partial charge in [0, 0.05) is 45.8 Å². The lowest BCUT2D eigenvalue weighted by Gasteiger charge is -2.34. The van der Waals surface area contributed by atoms with Gasteiger partial charge >= 0.3 is 5.97 Å². The molecule has 8 nitrogen and oxygen atoms in total. The number of hydrogen-bond donors (Lipinski definition) is 0. The molecule has 2 aromatic carbocycles. The Kier molecular flexibility index (Phi) is 8.20. The zero-order chi connectivity index (χ0) is 24.8. The summed E-state index contributed by atoms with van der Waals surface area (Å²) in [6.07, 6.45) is 2.04. The van der Waals surface area contributed by atoms with Gasteiger partial charge in [-0.3, -0.25) is 9.69 Å². The maximum absolute atomic E-state index is 13.2. The van der Waals surface area contributed by atoms with Gasteiger partial charge in [-0.25, -0.2) is 13.2 Å². The zero-order valence-corrected chi connectivity index (χ0v) is 21.0. The highest BCUT2D eigenvalue weighted by molar-refractivity contribution is 7.89. The predicted octanol–water partition coefficient (Wildman–Crippen LogP) is 2.61. The Morgan fingerprint density at radius 2 is 1.71 bits per heavy atom. The Labute approximate surface area is 207 Å². The van der Waals surface area contributed by atoms with Gasteiger partial charge in [0.25, 0.3) is 5.91 Å². The smallest absolute Gasteiger partial charge is 0.338 e. The summed E-state index contributed by atoms with van der Waals surface area (Å²) < 4.78 is 33.1. The summed E-state index contributed by atoms with van der Waals surface area (Å²) in [7, 11) is -3.75. The summed E-state index contributed by atoms with van der Waals surface area (Å²) in [6, 6.07) is 16.0. The van der Waals surface area contributed by atoms with E-state index in [4.69, 9.17) is 4.74 Å². The van der Waals surface area contributed by atoms with E-state index in [1.54, 1.807) is 4.90 Å². The summed E-state index contributed by atoms with van der Waals surface area (Å²) in [4.78, 5) is 29.0. The van der Waals surface area contributed by atoms with Crippen LogP contribution in [0.1, 0.15) is 35.7 Å². The zero-order valence-electron chi connectivity index (χ0n) is 20.1. The first kappa shape index (κ1) is 25.3. The van der Waals surface area contributed by atoms with E-state index < -0.39 is 16.0 Å². The number of sulfonamides is 1. The topological polar surface area (TPSA) is 87.2 Å². The number of carbonyl (C=O) groups is 2. The van der Waals surface area contributed by atoms with Crippen molar-refractivity contribution in [3.05, 3.63) is 65.7 Å². The standard InChI is InChI=1S/C26H33N3O5S/c1-21-7-6-12-28(18-21)25(30)20-34-26(31)23-10-5-11-24(17-23)35(32,33)29-15-13-27(14-16-29)19-22-8-3-2-4-9-22/h2-5,8-11,17,21H,6-7,12-16,18-20H2,1H3. The minimum Gasteiger partial charge on any atom is -0.452 e. The van der Waals surface area contributed by atoms with Crippen LogP contribution < -0.4 is 0 Å². The number of nitrogens with zero attached hydrogens (tertiary/aromatic N) is 3. The lowest BCUT2D eigenvalue weighted by atomic mass is 10.0. The highest BCUT2D eigenvalue weighted by Gasteiger charge is 2.29. The van der Waals surface area contributed by atoms with Gasteiger partial charge < -0.3 is 9.64 Å². The number of ether oxygens (including phenoxy) is 1. The van der Waals surface area contributed by atoms with E-state index in [2.05, 4.69) is 24.0 Å². The van der Waals surface area contributed by atoms with Crippen LogP contribution in [0.25, 0.3) is 0 Å². The molecule has 2 aromatic rings. The highest BCUT2D eigenvalue weighted by atomic mass is 32.2. The molecule has 2 aliphatic heterocycles. The van der Waals surface area contributed by atoms with Crippen molar-refractivity contribution in [1.29, 1.82) is 0 Å². The van der Waals surface area contributed by atoms with Crippen LogP contribution in [0.4, 0.5) is 0 Å². The molecule has 0 aliphatic carbocycles. The first-order chi connectivity index (χ1) is 16.8. The lowest BCUT2D eigenvalue weighted by Crippen LogP contribution is -2.48. The van der Waals surface area contributed by atoms with Gasteiger partial charge in [-0.15, -0.1) is 0 Å². The Morgan fingerprint density at radius 1 is 0.971 bits per heavy atom. The number of esters is 1. The van der Waals surface area contributed by atoms with Crippen LogP contribution in [0, 0.1) is 5.92 Å². The van der Waals surface area contributed by atoms with Crippen LogP contribution in [-0.2, 0) is 26.1 Å². The molecule has 2 aliphatic rings. The molecular weight excluding hydrogens is 466 g/mol. The number of hydrogen-bond acceptors (Lipinski definition) is 6. The fourth-order valence-electron chi connectivity index (χ4n) is 4.62. The van der Waals surface area contributed by atoms with E-state index >= 15 is 0 Å². The average Bonchev–Trinajstić information content (AvgIpc) is 2.88. The molecule has 0 spiro atoms. The van der Waals surface area contributed by atoms with Gasteiger partial charge in [-0.05, 0) is 42.5 Å². The Morgan fingerprint density at radius 3 is 2.43 bits per heavy atom. The molecular formula is C26H33N3O5S. The van der Waals surface area contributed by atoms with Crippen LogP contribution in [0.3, 0.4) is 0 Å². The molecule has 4 rings (SSSR count). The Hall–Kier alpha value is -2.75. The van der Waals surface area contributed by atoms with Crippen molar-refractivity contribution < 1.29 is 22.7 Å². The summed E-state index contributed by atoms with van der Waals surface area (Å²) in [5.41, 5.74) is 1.32. The van der Waals surface area contributed by atoms with Gasteiger partial charge in [-0.2, -0.15) is 4.31 Å². The fraction of sp³-hybridized carbons (Fsp3) is 0.462. The van der Waals surface area contributed by atoms with E-state index in [-0.39, 0.29) is 23.0 Å². The van der Waals surface area contributed by atoms with Crippen LogP contribution in [0.5, 0.6) is 0 Å². The largest absolute Gasteiger partial charge is 0.452 e. The van der Waals surface area contributed by atoms with Gasteiger partial charge in [0.2, 0.25) is 10.0 Å². The number of piperidine rings is 1. The number of piperazine rings is 1.